The highest BCUT2D eigenvalue weighted by molar-refractivity contribution is 5.81. The molecule has 0 spiro atoms. The Kier molecular flexibility index (Phi) is 5.80. The molecule has 0 saturated heterocycles. The molecule has 1 amide bonds. The molecule has 0 aromatic rings. The maximum absolute atomic E-state index is 11.4. The molecule has 98 valence electrons. The van der Waals surface area contributed by atoms with E-state index in [1.807, 2.05) is 20.8 Å². The highest BCUT2D eigenvalue weighted by atomic mass is 16.1. The van der Waals surface area contributed by atoms with Crippen LogP contribution in [-0.4, -0.2) is 37.0 Å². The van der Waals surface area contributed by atoms with Gasteiger partial charge in [0.25, 0.3) is 0 Å². The molecular weight excluding hydrogens is 216 g/mol. The number of carbonyl (C=O) groups excluding carboxylic acids is 1. The smallest absolute Gasteiger partial charge is 0.222 e. The third-order valence-electron chi connectivity index (χ3n) is 2.32. The first-order chi connectivity index (χ1) is 8.11. The number of rotatable bonds is 6. The van der Waals surface area contributed by atoms with Crippen LogP contribution in [0.15, 0.2) is 4.99 Å². The number of guanidine groups is 1. The van der Waals surface area contributed by atoms with Crippen molar-refractivity contribution in [2.45, 2.75) is 52.1 Å². The van der Waals surface area contributed by atoms with Gasteiger partial charge in [-0.15, -0.1) is 0 Å². The predicted octanol–water partition coefficient (Wildman–Crippen LogP) is 0.619. The molecule has 17 heavy (non-hydrogen) atoms. The van der Waals surface area contributed by atoms with Gasteiger partial charge in [-0.1, -0.05) is 0 Å². The number of carbonyl (C=O) groups is 1. The van der Waals surface area contributed by atoms with Crippen molar-refractivity contribution < 1.29 is 4.79 Å². The van der Waals surface area contributed by atoms with Crippen LogP contribution in [0.25, 0.3) is 0 Å². The van der Waals surface area contributed by atoms with Crippen molar-refractivity contribution in [3.05, 3.63) is 0 Å². The van der Waals surface area contributed by atoms with E-state index in [-0.39, 0.29) is 11.9 Å². The number of nitrogens with zero attached hydrogens (tertiary/aromatic N) is 1. The SMILES string of the molecule is CCNC(=NCCC(=O)NC(C)C)NC1CC1. The van der Waals surface area contributed by atoms with Gasteiger partial charge >= 0.3 is 0 Å². The lowest BCUT2D eigenvalue weighted by Crippen LogP contribution is -2.39. The molecule has 5 heteroatoms. The highest BCUT2D eigenvalue weighted by Gasteiger charge is 2.21. The minimum absolute atomic E-state index is 0.0611. The number of hydrogen-bond donors (Lipinski definition) is 3. The summed E-state index contributed by atoms with van der Waals surface area (Å²) in [6, 6.07) is 0.779. The highest BCUT2D eigenvalue weighted by Crippen LogP contribution is 2.18. The standard InChI is InChI=1S/C12H24N4O/c1-4-13-12(16-10-5-6-10)14-8-7-11(17)15-9(2)3/h9-10H,4-8H2,1-3H3,(H,15,17)(H2,13,14,16). The van der Waals surface area contributed by atoms with Gasteiger partial charge in [0.2, 0.25) is 5.91 Å². The van der Waals surface area contributed by atoms with E-state index in [4.69, 9.17) is 0 Å². The number of aliphatic imine (C=N–C) groups is 1. The summed E-state index contributed by atoms with van der Waals surface area (Å²) in [7, 11) is 0. The zero-order valence-corrected chi connectivity index (χ0v) is 11.0. The Hall–Kier alpha value is -1.26. The average Bonchev–Trinajstić information content (AvgIpc) is 3.00. The zero-order chi connectivity index (χ0) is 12.7. The van der Waals surface area contributed by atoms with Crippen molar-refractivity contribution in [2.75, 3.05) is 13.1 Å². The van der Waals surface area contributed by atoms with Gasteiger partial charge in [0.05, 0.1) is 6.54 Å². The number of hydrogen-bond acceptors (Lipinski definition) is 2. The molecule has 1 aliphatic rings. The Balaban J connectivity index is 2.24. The van der Waals surface area contributed by atoms with E-state index >= 15 is 0 Å². The van der Waals surface area contributed by atoms with Crippen molar-refractivity contribution in [1.82, 2.24) is 16.0 Å². The summed E-state index contributed by atoms with van der Waals surface area (Å²) in [5.41, 5.74) is 0. The van der Waals surface area contributed by atoms with Crippen LogP contribution >= 0.6 is 0 Å². The molecule has 1 saturated carbocycles. The summed E-state index contributed by atoms with van der Waals surface area (Å²) in [5.74, 6) is 0.887. The molecule has 5 nitrogen and oxygen atoms in total. The lowest BCUT2D eigenvalue weighted by atomic mass is 10.3. The van der Waals surface area contributed by atoms with Gasteiger partial charge in [-0.3, -0.25) is 9.79 Å². The molecule has 0 unspecified atom stereocenters. The van der Waals surface area contributed by atoms with Gasteiger partial charge in [-0.25, -0.2) is 0 Å². The summed E-state index contributed by atoms with van der Waals surface area (Å²) < 4.78 is 0. The quantitative estimate of drug-likeness (QED) is 0.471. The number of amides is 1. The molecule has 0 aromatic heterocycles. The summed E-state index contributed by atoms with van der Waals surface area (Å²) in [6.45, 7) is 7.33. The zero-order valence-electron chi connectivity index (χ0n) is 11.0. The van der Waals surface area contributed by atoms with Crippen molar-refractivity contribution in [3.63, 3.8) is 0 Å². The lowest BCUT2D eigenvalue weighted by Gasteiger charge is -2.10. The Morgan fingerprint density at radius 3 is 2.65 bits per heavy atom. The minimum Gasteiger partial charge on any atom is -0.357 e. The third-order valence-corrected chi connectivity index (χ3v) is 2.32. The van der Waals surface area contributed by atoms with E-state index in [2.05, 4.69) is 20.9 Å². The van der Waals surface area contributed by atoms with E-state index in [1.165, 1.54) is 12.8 Å². The lowest BCUT2D eigenvalue weighted by molar-refractivity contribution is -0.121. The van der Waals surface area contributed by atoms with Gasteiger partial charge in [-0.05, 0) is 33.6 Å². The van der Waals surface area contributed by atoms with Gasteiger partial charge in [0.15, 0.2) is 5.96 Å². The average molecular weight is 240 g/mol. The van der Waals surface area contributed by atoms with Crippen LogP contribution in [-0.2, 0) is 4.79 Å². The van der Waals surface area contributed by atoms with Crippen molar-refractivity contribution in [3.8, 4) is 0 Å². The van der Waals surface area contributed by atoms with Crippen LogP contribution in [0.2, 0.25) is 0 Å². The van der Waals surface area contributed by atoms with E-state index in [9.17, 15) is 4.79 Å². The van der Waals surface area contributed by atoms with E-state index < -0.39 is 0 Å². The molecule has 0 aromatic carbocycles. The molecule has 3 N–H and O–H groups in total. The largest absolute Gasteiger partial charge is 0.357 e. The van der Waals surface area contributed by atoms with Crippen LogP contribution < -0.4 is 16.0 Å². The Bertz CT molecular complexity index is 272. The van der Waals surface area contributed by atoms with Crippen molar-refractivity contribution >= 4 is 11.9 Å². The van der Waals surface area contributed by atoms with Gasteiger partial charge in [-0.2, -0.15) is 0 Å². The van der Waals surface area contributed by atoms with Crippen LogP contribution in [0.4, 0.5) is 0 Å². The minimum atomic E-state index is 0.0611. The first-order valence-corrected chi connectivity index (χ1v) is 6.46. The molecule has 0 heterocycles. The maximum Gasteiger partial charge on any atom is 0.222 e. The first kappa shape index (κ1) is 13.8. The second-order valence-electron chi connectivity index (χ2n) is 4.65. The summed E-state index contributed by atoms with van der Waals surface area (Å²) in [4.78, 5) is 15.8. The molecule has 0 atom stereocenters. The molecule has 0 bridgehead atoms. The normalized spacial score (nSPS) is 15.9. The maximum atomic E-state index is 11.4. The fraction of sp³-hybridized carbons (Fsp3) is 0.833. The van der Waals surface area contributed by atoms with E-state index in [0.29, 0.717) is 19.0 Å². The van der Waals surface area contributed by atoms with Crippen LogP contribution in [0.5, 0.6) is 0 Å². The number of nitrogens with one attached hydrogen (secondary N) is 3. The second-order valence-corrected chi connectivity index (χ2v) is 4.65. The fourth-order valence-electron chi connectivity index (χ4n) is 1.40. The van der Waals surface area contributed by atoms with E-state index in [0.717, 1.165) is 12.5 Å². The molecule has 0 aliphatic heterocycles. The molecule has 0 radical (unpaired) electrons. The van der Waals surface area contributed by atoms with Crippen molar-refractivity contribution in [2.24, 2.45) is 4.99 Å². The summed E-state index contributed by atoms with van der Waals surface area (Å²) >= 11 is 0. The Morgan fingerprint density at radius 1 is 1.41 bits per heavy atom. The first-order valence-electron chi connectivity index (χ1n) is 6.46. The molecule has 1 aliphatic carbocycles. The summed E-state index contributed by atoms with van der Waals surface area (Å²) in [5, 5.41) is 9.34. The Morgan fingerprint density at radius 2 is 2.12 bits per heavy atom. The molecule has 1 rings (SSSR count). The Labute approximate surface area is 103 Å². The van der Waals surface area contributed by atoms with Gasteiger partial charge < -0.3 is 16.0 Å². The van der Waals surface area contributed by atoms with Gasteiger partial charge in [0, 0.05) is 25.0 Å². The van der Waals surface area contributed by atoms with Crippen LogP contribution in [0, 0.1) is 0 Å². The predicted molar refractivity (Wildman–Crippen MR) is 70.0 cm³/mol. The fourth-order valence-corrected chi connectivity index (χ4v) is 1.40. The second kappa shape index (κ2) is 7.14. The van der Waals surface area contributed by atoms with Crippen LogP contribution in [0.1, 0.15) is 40.0 Å². The molecular formula is C12H24N4O. The van der Waals surface area contributed by atoms with Crippen molar-refractivity contribution in [1.29, 1.82) is 0 Å². The summed E-state index contributed by atoms with van der Waals surface area (Å²) in [6.07, 6.45) is 2.88. The van der Waals surface area contributed by atoms with E-state index in [1.54, 1.807) is 0 Å². The van der Waals surface area contributed by atoms with Crippen LogP contribution in [0.3, 0.4) is 0 Å². The monoisotopic (exact) mass is 240 g/mol. The topological polar surface area (TPSA) is 65.5 Å². The third kappa shape index (κ3) is 6.81. The van der Waals surface area contributed by atoms with Gasteiger partial charge in [0.1, 0.15) is 0 Å². The molecule has 1 fully saturated rings.